The smallest absolute Gasteiger partial charge is 0.335 e. The number of amides is 1. The van der Waals surface area contributed by atoms with E-state index in [1.807, 2.05) is 60.7 Å². The maximum absolute atomic E-state index is 12.8. The van der Waals surface area contributed by atoms with E-state index < -0.39 is 5.97 Å². The zero-order chi connectivity index (χ0) is 31.2. The fourth-order valence-corrected chi connectivity index (χ4v) is 6.27. The molecule has 1 heterocycles. The number of hydrogen-bond acceptors (Lipinski definition) is 4. The molecule has 44 heavy (non-hydrogen) atoms. The second-order valence-electron chi connectivity index (χ2n) is 13.0. The number of nitrogens with zero attached hydrogens (tertiary/aromatic N) is 2. The highest BCUT2D eigenvalue weighted by Crippen LogP contribution is 2.50. The van der Waals surface area contributed by atoms with Crippen molar-refractivity contribution in [3.05, 3.63) is 124 Å². The molecule has 222 valence electrons. The standard InChI is InChI=1S/C38H37N3O3/c1-37(2)19-20-38(3,4)30-23-33-28(22-29(30)37)35(25-12-14-26(15-13-25)36(43)44)40-31-21-27(16-17-32(31)41(33)5)39-34(42)18-11-24-9-7-6-8-10-24/h6-18,21-23H,19-20H2,1-5H3,(H,39,42)(H,43,44)/b18-11+. The molecule has 1 amide bonds. The fourth-order valence-electron chi connectivity index (χ4n) is 6.27. The highest BCUT2D eigenvalue weighted by Gasteiger charge is 2.39. The molecule has 0 radical (unpaired) electrons. The van der Waals surface area contributed by atoms with Gasteiger partial charge in [-0.05, 0) is 88.9 Å². The van der Waals surface area contributed by atoms with Crippen molar-refractivity contribution in [2.24, 2.45) is 4.99 Å². The van der Waals surface area contributed by atoms with E-state index in [-0.39, 0.29) is 22.3 Å². The molecular weight excluding hydrogens is 546 g/mol. The Balaban J connectivity index is 1.48. The van der Waals surface area contributed by atoms with Gasteiger partial charge in [-0.1, -0.05) is 70.2 Å². The van der Waals surface area contributed by atoms with Crippen LogP contribution in [0.25, 0.3) is 6.08 Å². The number of carboxylic acid groups (broad SMARTS) is 1. The van der Waals surface area contributed by atoms with Crippen molar-refractivity contribution in [2.75, 3.05) is 17.3 Å². The van der Waals surface area contributed by atoms with Gasteiger partial charge in [-0.15, -0.1) is 0 Å². The minimum Gasteiger partial charge on any atom is -0.478 e. The number of rotatable bonds is 5. The summed E-state index contributed by atoms with van der Waals surface area (Å²) in [4.78, 5) is 31.8. The van der Waals surface area contributed by atoms with Crippen LogP contribution in [-0.4, -0.2) is 29.7 Å². The highest BCUT2D eigenvalue weighted by molar-refractivity contribution is 6.19. The molecule has 0 fully saturated rings. The lowest BCUT2D eigenvalue weighted by atomic mass is 9.62. The van der Waals surface area contributed by atoms with Crippen molar-refractivity contribution in [1.82, 2.24) is 0 Å². The SMILES string of the molecule is CN1c2ccc(NC(=O)/C=C/c3ccccc3)cc2N=C(c2ccc(C(=O)O)cc2)c2cc3c(cc21)C(C)(C)CCC3(C)C. The molecule has 2 N–H and O–H groups in total. The number of nitrogens with one attached hydrogen (secondary N) is 1. The molecule has 0 saturated heterocycles. The number of carbonyl (C=O) groups excluding carboxylic acids is 1. The normalized spacial score (nSPS) is 16.3. The van der Waals surface area contributed by atoms with Gasteiger partial charge in [0.15, 0.2) is 0 Å². The Hall–Kier alpha value is -4.97. The Morgan fingerprint density at radius 3 is 2.16 bits per heavy atom. The molecule has 4 aromatic rings. The van der Waals surface area contributed by atoms with Crippen LogP contribution in [0.2, 0.25) is 0 Å². The summed E-state index contributed by atoms with van der Waals surface area (Å²) in [6.07, 6.45) is 5.50. The van der Waals surface area contributed by atoms with Crippen LogP contribution in [-0.2, 0) is 15.6 Å². The van der Waals surface area contributed by atoms with E-state index in [4.69, 9.17) is 4.99 Å². The first-order valence-electron chi connectivity index (χ1n) is 15.0. The summed E-state index contributed by atoms with van der Waals surface area (Å²) in [6.45, 7) is 9.25. The van der Waals surface area contributed by atoms with Gasteiger partial charge in [-0.25, -0.2) is 9.79 Å². The second-order valence-corrected chi connectivity index (χ2v) is 13.0. The maximum atomic E-state index is 12.8. The van der Waals surface area contributed by atoms with Crippen LogP contribution in [0.4, 0.5) is 22.7 Å². The molecule has 6 heteroatoms. The molecule has 4 aromatic carbocycles. The number of anilines is 3. The predicted molar refractivity (Wildman–Crippen MR) is 179 cm³/mol. The quantitative estimate of drug-likeness (QED) is 0.230. The Labute approximate surface area is 258 Å². The largest absolute Gasteiger partial charge is 0.478 e. The Kier molecular flexibility index (Phi) is 7.24. The number of benzene rings is 4. The fraction of sp³-hybridized carbons (Fsp3) is 0.237. The van der Waals surface area contributed by atoms with Gasteiger partial charge >= 0.3 is 5.97 Å². The summed E-state index contributed by atoms with van der Waals surface area (Å²) in [5, 5.41) is 12.5. The van der Waals surface area contributed by atoms with Crippen LogP contribution >= 0.6 is 0 Å². The zero-order valence-corrected chi connectivity index (χ0v) is 25.8. The van der Waals surface area contributed by atoms with Gasteiger partial charge in [0, 0.05) is 29.9 Å². The molecule has 0 bridgehead atoms. The third-order valence-electron chi connectivity index (χ3n) is 9.05. The molecule has 6 rings (SSSR count). The summed E-state index contributed by atoms with van der Waals surface area (Å²) in [7, 11) is 2.05. The minimum atomic E-state index is -0.968. The Morgan fingerprint density at radius 2 is 1.50 bits per heavy atom. The van der Waals surface area contributed by atoms with Crippen LogP contribution < -0.4 is 10.2 Å². The van der Waals surface area contributed by atoms with Crippen molar-refractivity contribution in [3.8, 4) is 0 Å². The van der Waals surface area contributed by atoms with Gasteiger partial charge < -0.3 is 15.3 Å². The first-order chi connectivity index (χ1) is 20.9. The van der Waals surface area contributed by atoms with E-state index in [0.717, 1.165) is 46.6 Å². The molecule has 1 aliphatic carbocycles. The molecular formula is C38H37N3O3. The number of fused-ring (bicyclic) bond motifs is 3. The third kappa shape index (κ3) is 5.44. The first-order valence-corrected chi connectivity index (χ1v) is 15.0. The average Bonchev–Trinajstić information content (AvgIpc) is 3.12. The molecule has 6 nitrogen and oxygen atoms in total. The number of carboxylic acids is 1. The summed E-state index contributed by atoms with van der Waals surface area (Å²) in [6, 6.07) is 27.0. The average molecular weight is 584 g/mol. The van der Waals surface area contributed by atoms with Crippen LogP contribution in [0.15, 0.2) is 96.0 Å². The van der Waals surface area contributed by atoms with Crippen LogP contribution in [0.3, 0.4) is 0 Å². The summed E-state index contributed by atoms with van der Waals surface area (Å²) < 4.78 is 0. The first kappa shape index (κ1) is 29.1. The van der Waals surface area contributed by atoms with Crippen LogP contribution in [0.5, 0.6) is 0 Å². The van der Waals surface area contributed by atoms with Crippen molar-refractivity contribution < 1.29 is 14.7 Å². The molecule has 0 spiro atoms. The molecule has 0 saturated carbocycles. The van der Waals surface area contributed by atoms with E-state index in [1.165, 1.54) is 17.2 Å². The lowest BCUT2D eigenvalue weighted by molar-refractivity contribution is -0.111. The molecule has 0 aromatic heterocycles. The van der Waals surface area contributed by atoms with Gasteiger partial charge in [0.05, 0.1) is 28.3 Å². The van der Waals surface area contributed by atoms with E-state index >= 15 is 0 Å². The van der Waals surface area contributed by atoms with E-state index in [0.29, 0.717) is 11.4 Å². The molecule has 0 unspecified atom stereocenters. The van der Waals surface area contributed by atoms with Crippen LogP contribution in [0.1, 0.15) is 78.7 Å². The van der Waals surface area contributed by atoms with Gasteiger partial charge in [-0.3, -0.25) is 4.79 Å². The molecule has 2 aliphatic rings. The molecule has 1 aliphatic heterocycles. The number of carbonyl (C=O) groups is 2. The number of aromatic carboxylic acids is 1. The van der Waals surface area contributed by atoms with Gasteiger partial charge in [0.25, 0.3) is 0 Å². The van der Waals surface area contributed by atoms with E-state index in [9.17, 15) is 14.7 Å². The summed E-state index contributed by atoms with van der Waals surface area (Å²) in [5.41, 5.74) is 9.74. The summed E-state index contributed by atoms with van der Waals surface area (Å²) in [5.74, 6) is -1.20. The topological polar surface area (TPSA) is 82.0 Å². The lowest BCUT2D eigenvalue weighted by Crippen LogP contribution is -2.34. The van der Waals surface area contributed by atoms with Gasteiger partial charge in [0.1, 0.15) is 0 Å². The monoisotopic (exact) mass is 583 g/mol. The third-order valence-corrected chi connectivity index (χ3v) is 9.05. The number of hydrogen-bond donors (Lipinski definition) is 2. The highest BCUT2D eigenvalue weighted by atomic mass is 16.4. The van der Waals surface area contributed by atoms with Crippen molar-refractivity contribution >= 4 is 46.4 Å². The predicted octanol–water partition coefficient (Wildman–Crippen LogP) is 8.64. The Morgan fingerprint density at radius 1 is 0.841 bits per heavy atom. The van der Waals surface area contributed by atoms with Crippen molar-refractivity contribution in [3.63, 3.8) is 0 Å². The van der Waals surface area contributed by atoms with E-state index in [1.54, 1.807) is 18.2 Å². The molecule has 0 atom stereocenters. The number of aliphatic imine (C=N–C) groups is 1. The van der Waals surface area contributed by atoms with Gasteiger partial charge in [0.2, 0.25) is 5.91 Å². The summed E-state index contributed by atoms with van der Waals surface area (Å²) >= 11 is 0. The minimum absolute atomic E-state index is 0.000599. The van der Waals surface area contributed by atoms with E-state index in [2.05, 4.69) is 57.1 Å². The van der Waals surface area contributed by atoms with Crippen LogP contribution in [0, 0.1) is 0 Å². The van der Waals surface area contributed by atoms with Crippen molar-refractivity contribution in [2.45, 2.75) is 51.4 Å². The van der Waals surface area contributed by atoms with Crippen molar-refractivity contribution in [1.29, 1.82) is 0 Å². The maximum Gasteiger partial charge on any atom is 0.335 e. The Bertz CT molecular complexity index is 1830. The zero-order valence-electron chi connectivity index (χ0n) is 25.8. The lowest BCUT2D eigenvalue weighted by Gasteiger charge is -2.43. The van der Waals surface area contributed by atoms with Gasteiger partial charge in [-0.2, -0.15) is 0 Å². The second kappa shape index (κ2) is 10.9.